The third-order valence-electron chi connectivity index (χ3n) is 8.05. The summed E-state index contributed by atoms with van der Waals surface area (Å²) in [6, 6.07) is 12.0. The van der Waals surface area contributed by atoms with Gasteiger partial charge in [0.2, 0.25) is 0 Å². The molecule has 0 radical (unpaired) electrons. The number of fused-ring (bicyclic) bond motifs is 2. The summed E-state index contributed by atoms with van der Waals surface area (Å²) in [4.78, 5) is 44.6. The average Bonchev–Trinajstić information content (AvgIpc) is 3.71. The van der Waals surface area contributed by atoms with E-state index in [2.05, 4.69) is 20.7 Å². The first-order valence-electron chi connectivity index (χ1n) is 13.0. The first kappa shape index (κ1) is 25.7. The lowest BCUT2D eigenvalue weighted by atomic mass is 9.95. The predicted molar refractivity (Wildman–Crippen MR) is 144 cm³/mol. The van der Waals surface area contributed by atoms with Crippen LogP contribution in [0.1, 0.15) is 33.7 Å². The van der Waals surface area contributed by atoms with Crippen molar-refractivity contribution >= 4 is 34.7 Å². The second-order valence-electron chi connectivity index (χ2n) is 10.6. The molecule has 12 nitrogen and oxygen atoms in total. The van der Waals surface area contributed by atoms with E-state index < -0.39 is 17.5 Å². The average molecular weight is 547 g/mol. The molecular formula is C28H30N6O6. The first-order valence-corrected chi connectivity index (χ1v) is 13.0. The standard InChI is InChI=1S/C28H30N6O6/c1-32(2)19-8-9-33(14-19)24(31-38)16-5-7-22-18(10-16)11-23(40-22)28(26(36)29-27(37)30-28)15-34-13-17-4-6-20(39-3)12-21(17)25(34)35/h4-7,10-12,19,38H,8-9,13-15H2,1-3H3,(H2,29,30,36,37)/b31-24+/t19-,28-/m0/s1. The van der Waals surface area contributed by atoms with Gasteiger partial charge in [0.15, 0.2) is 11.4 Å². The van der Waals surface area contributed by atoms with E-state index >= 15 is 0 Å². The second kappa shape index (κ2) is 9.56. The van der Waals surface area contributed by atoms with Crippen molar-refractivity contribution in [3.05, 3.63) is 64.9 Å². The summed E-state index contributed by atoms with van der Waals surface area (Å²) < 4.78 is 11.4. The Morgan fingerprint density at radius 2 is 2.02 bits per heavy atom. The zero-order chi connectivity index (χ0) is 28.2. The molecule has 2 atom stereocenters. The minimum atomic E-state index is -1.63. The van der Waals surface area contributed by atoms with Crippen LogP contribution in [-0.4, -0.2) is 90.5 Å². The Bertz CT molecular complexity index is 1560. The number of amidine groups is 1. The Morgan fingerprint density at radius 1 is 1.20 bits per heavy atom. The van der Waals surface area contributed by atoms with Crippen molar-refractivity contribution in [3.63, 3.8) is 0 Å². The SMILES string of the molecule is COc1ccc2c(c1)C(=O)N(C[C@@]1(c3cc4cc(/C(=N\O)N5CC[C@H](N(C)C)C5)ccc4o3)NC(=O)NC1=O)C2. The molecule has 3 N–H and O–H groups in total. The van der Waals surface area contributed by atoms with Crippen LogP contribution >= 0.6 is 0 Å². The van der Waals surface area contributed by atoms with Crippen molar-refractivity contribution in [2.75, 3.05) is 40.8 Å². The van der Waals surface area contributed by atoms with Gasteiger partial charge in [0, 0.05) is 42.2 Å². The lowest BCUT2D eigenvalue weighted by Gasteiger charge is -2.29. The van der Waals surface area contributed by atoms with Gasteiger partial charge in [0.25, 0.3) is 11.8 Å². The summed E-state index contributed by atoms with van der Waals surface area (Å²) in [6.45, 7) is 1.63. The molecule has 2 saturated heterocycles. The van der Waals surface area contributed by atoms with Gasteiger partial charge in [-0.2, -0.15) is 0 Å². The Balaban J connectivity index is 1.32. The molecule has 6 rings (SSSR count). The first-order chi connectivity index (χ1) is 19.2. The molecule has 4 heterocycles. The predicted octanol–water partition coefficient (Wildman–Crippen LogP) is 1.90. The lowest BCUT2D eigenvalue weighted by Crippen LogP contribution is -2.52. The second-order valence-corrected chi connectivity index (χ2v) is 10.6. The number of rotatable bonds is 6. The number of likely N-dealkylation sites (N-methyl/N-ethyl adjacent to an activating group) is 1. The number of carbonyl (C=O) groups is 3. The quantitative estimate of drug-likeness (QED) is 0.140. The highest BCUT2D eigenvalue weighted by atomic mass is 16.5. The van der Waals surface area contributed by atoms with E-state index in [0.29, 0.717) is 39.7 Å². The van der Waals surface area contributed by atoms with Gasteiger partial charge < -0.3 is 34.4 Å². The largest absolute Gasteiger partial charge is 0.497 e. The molecule has 3 aliphatic heterocycles. The molecule has 12 heteroatoms. The highest BCUT2D eigenvalue weighted by molar-refractivity contribution is 6.08. The van der Waals surface area contributed by atoms with E-state index in [4.69, 9.17) is 9.15 Å². The highest BCUT2D eigenvalue weighted by Gasteiger charge is 2.53. The molecule has 2 aromatic carbocycles. The van der Waals surface area contributed by atoms with E-state index in [1.54, 1.807) is 30.3 Å². The monoisotopic (exact) mass is 546 g/mol. The molecule has 0 spiro atoms. The molecule has 0 bridgehead atoms. The van der Waals surface area contributed by atoms with Crippen molar-refractivity contribution in [1.82, 2.24) is 25.3 Å². The van der Waals surface area contributed by atoms with Crippen LogP contribution in [0.25, 0.3) is 11.0 Å². The Morgan fingerprint density at radius 3 is 2.70 bits per heavy atom. The van der Waals surface area contributed by atoms with Gasteiger partial charge >= 0.3 is 6.03 Å². The van der Waals surface area contributed by atoms with Crippen molar-refractivity contribution in [1.29, 1.82) is 0 Å². The number of nitrogens with one attached hydrogen (secondary N) is 2. The van der Waals surface area contributed by atoms with E-state index in [9.17, 15) is 19.6 Å². The molecule has 2 fully saturated rings. The molecule has 0 saturated carbocycles. The number of hydrogen-bond donors (Lipinski definition) is 3. The maximum Gasteiger partial charge on any atom is 0.322 e. The summed E-state index contributed by atoms with van der Waals surface area (Å²) in [5.41, 5.74) is 0.837. The Hall–Kier alpha value is -4.58. The summed E-state index contributed by atoms with van der Waals surface area (Å²) in [5, 5.41) is 19.1. The van der Waals surface area contributed by atoms with Gasteiger partial charge in [0.05, 0.1) is 13.7 Å². The number of hydrogen-bond acceptors (Lipinski definition) is 8. The number of methoxy groups -OCH3 is 1. The maximum absolute atomic E-state index is 13.3. The van der Waals surface area contributed by atoms with Crippen molar-refractivity contribution < 1.29 is 28.7 Å². The van der Waals surface area contributed by atoms with E-state index in [0.717, 1.165) is 25.1 Å². The fourth-order valence-corrected chi connectivity index (χ4v) is 5.79. The van der Waals surface area contributed by atoms with Gasteiger partial charge in [0.1, 0.15) is 17.1 Å². The molecule has 0 aliphatic carbocycles. The smallest absolute Gasteiger partial charge is 0.322 e. The van der Waals surface area contributed by atoms with Crippen molar-refractivity contribution in [3.8, 4) is 5.75 Å². The van der Waals surface area contributed by atoms with Crippen LogP contribution in [0, 0.1) is 0 Å². The van der Waals surface area contributed by atoms with Crippen LogP contribution in [-0.2, 0) is 16.9 Å². The summed E-state index contributed by atoms with van der Waals surface area (Å²) in [5.74, 6) is 0.321. The highest BCUT2D eigenvalue weighted by Crippen LogP contribution is 2.35. The molecule has 40 heavy (non-hydrogen) atoms. The summed E-state index contributed by atoms with van der Waals surface area (Å²) in [6.07, 6.45) is 0.952. The van der Waals surface area contributed by atoms with Gasteiger partial charge in [-0.3, -0.25) is 14.9 Å². The van der Waals surface area contributed by atoms with Gasteiger partial charge in [-0.15, -0.1) is 0 Å². The van der Waals surface area contributed by atoms with Crippen LogP contribution in [0.15, 0.2) is 52.0 Å². The van der Waals surface area contributed by atoms with Gasteiger partial charge in [-0.1, -0.05) is 11.2 Å². The number of amides is 4. The normalized spacial score (nSPS) is 22.9. The number of imide groups is 1. The summed E-state index contributed by atoms with van der Waals surface area (Å²) >= 11 is 0. The number of oxime groups is 1. The molecule has 3 aliphatic rings. The Labute approximate surface area is 230 Å². The number of nitrogens with zero attached hydrogens (tertiary/aromatic N) is 4. The van der Waals surface area contributed by atoms with E-state index in [1.807, 2.05) is 31.1 Å². The third kappa shape index (κ3) is 4.11. The minimum absolute atomic E-state index is 0.129. The zero-order valence-corrected chi connectivity index (χ0v) is 22.4. The third-order valence-corrected chi connectivity index (χ3v) is 8.05. The van der Waals surface area contributed by atoms with Crippen LogP contribution in [0.3, 0.4) is 0 Å². The van der Waals surface area contributed by atoms with E-state index in [-0.39, 0.29) is 24.8 Å². The van der Waals surface area contributed by atoms with Crippen molar-refractivity contribution in [2.45, 2.75) is 24.5 Å². The number of carbonyl (C=O) groups excluding carboxylic acids is 3. The van der Waals surface area contributed by atoms with E-state index in [1.165, 1.54) is 12.0 Å². The molecule has 3 aromatic rings. The topological polar surface area (TPSA) is 140 Å². The van der Waals surface area contributed by atoms with Gasteiger partial charge in [-0.05, 0) is 62.5 Å². The number of urea groups is 1. The summed E-state index contributed by atoms with van der Waals surface area (Å²) in [7, 11) is 5.59. The number of furan rings is 1. The minimum Gasteiger partial charge on any atom is -0.497 e. The Kier molecular flexibility index (Phi) is 6.14. The number of ether oxygens (including phenoxy) is 1. The van der Waals surface area contributed by atoms with Crippen LogP contribution < -0.4 is 15.4 Å². The maximum atomic E-state index is 13.3. The number of likely N-dealkylation sites (tertiary alicyclic amines) is 1. The zero-order valence-electron chi connectivity index (χ0n) is 22.4. The van der Waals surface area contributed by atoms with Crippen LogP contribution in [0.2, 0.25) is 0 Å². The molecule has 1 aromatic heterocycles. The van der Waals surface area contributed by atoms with Crippen LogP contribution in [0.5, 0.6) is 5.75 Å². The van der Waals surface area contributed by atoms with Crippen LogP contribution in [0.4, 0.5) is 4.79 Å². The lowest BCUT2D eigenvalue weighted by molar-refractivity contribution is -0.125. The fourth-order valence-electron chi connectivity index (χ4n) is 5.79. The molecular weight excluding hydrogens is 516 g/mol. The molecule has 4 amide bonds. The molecule has 208 valence electrons. The number of benzene rings is 2. The fraction of sp³-hybridized carbons (Fsp3) is 0.357. The molecule has 0 unspecified atom stereocenters. The van der Waals surface area contributed by atoms with Crippen molar-refractivity contribution in [2.24, 2.45) is 5.16 Å². The van der Waals surface area contributed by atoms with Gasteiger partial charge in [-0.25, -0.2) is 4.79 Å².